The third-order valence-corrected chi connectivity index (χ3v) is 6.19. The van der Waals surface area contributed by atoms with Crippen LogP contribution >= 0.6 is 22.7 Å². The largest absolute Gasteiger partial charge is 0.449 e. The molecule has 0 aliphatic carbocycles. The highest BCUT2D eigenvalue weighted by Gasteiger charge is 2.23. The number of thiazole rings is 1. The summed E-state index contributed by atoms with van der Waals surface area (Å²) in [4.78, 5) is 34.1. The van der Waals surface area contributed by atoms with E-state index in [1.807, 2.05) is 41.6 Å². The van der Waals surface area contributed by atoms with Crippen molar-refractivity contribution in [1.29, 1.82) is 0 Å². The Labute approximate surface area is 167 Å². The average Bonchev–Trinajstić information content (AvgIpc) is 3.26. The van der Waals surface area contributed by atoms with Gasteiger partial charge in [-0.05, 0) is 23.8 Å². The highest BCUT2D eigenvalue weighted by molar-refractivity contribution is 7.20. The van der Waals surface area contributed by atoms with Gasteiger partial charge in [0.25, 0.3) is 0 Å². The molecule has 146 valence electrons. The Morgan fingerprint density at radius 1 is 1.19 bits per heavy atom. The Morgan fingerprint density at radius 2 is 1.96 bits per heavy atom. The van der Waals surface area contributed by atoms with Crippen LogP contribution in [-0.2, 0) is 16.0 Å². The van der Waals surface area contributed by atoms with Gasteiger partial charge >= 0.3 is 6.09 Å². The number of aromatic nitrogens is 1. The van der Waals surface area contributed by atoms with Crippen LogP contribution in [0.2, 0.25) is 0 Å². The van der Waals surface area contributed by atoms with E-state index < -0.39 is 0 Å². The van der Waals surface area contributed by atoms with Crippen molar-refractivity contribution in [2.45, 2.75) is 26.7 Å². The van der Waals surface area contributed by atoms with Gasteiger partial charge in [0.1, 0.15) is 5.01 Å². The highest BCUT2D eigenvalue weighted by atomic mass is 32.1. The SMILES string of the molecule is CC(C)COC(=O)N1CCCN(C(=O)Cc2csc(-c3cccs3)n2)CC1. The lowest BCUT2D eigenvalue weighted by molar-refractivity contribution is -0.130. The van der Waals surface area contributed by atoms with Crippen LogP contribution in [0.15, 0.2) is 22.9 Å². The fourth-order valence-corrected chi connectivity index (χ4v) is 4.48. The molecule has 1 aliphatic heterocycles. The van der Waals surface area contributed by atoms with E-state index in [-0.39, 0.29) is 12.0 Å². The fourth-order valence-electron chi connectivity index (χ4n) is 2.85. The molecule has 27 heavy (non-hydrogen) atoms. The van der Waals surface area contributed by atoms with Crippen LogP contribution in [0.25, 0.3) is 9.88 Å². The van der Waals surface area contributed by atoms with Crippen LogP contribution in [0.3, 0.4) is 0 Å². The smallest absolute Gasteiger partial charge is 0.409 e. The number of rotatable bonds is 5. The van der Waals surface area contributed by atoms with Crippen LogP contribution in [0.1, 0.15) is 26.0 Å². The van der Waals surface area contributed by atoms with Gasteiger partial charge in [0.05, 0.1) is 23.6 Å². The van der Waals surface area contributed by atoms with Crippen molar-refractivity contribution in [2.75, 3.05) is 32.8 Å². The van der Waals surface area contributed by atoms with Crippen LogP contribution in [-0.4, -0.2) is 59.6 Å². The predicted molar refractivity (Wildman–Crippen MR) is 108 cm³/mol. The van der Waals surface area contributed by atoms with Crippen molar-refractivity contribution in [3.63, 3.8) is 0 Å². The van der Waals surface area contributed by atoms with E-state index in [1.54, 1.807) is 27.6 Å². The summed E-state index contributed by atoms with van der Waals surface area (Å²) in [7, 11) is 0. The summed E-state index contributed by atoms with van der Waals surface area (Å²) >= 11 is 3.22. The molecule has 0 aromatic carbocycles. The molecular weight excluding hydrogens is 382 g/mol. The molecule has 8 heteroatoms. The van der Waals surface area contributed by atoms with E-state index in [2.05, 4.69) is 4.98 Å². The number of amides is 2. The maximum Gasteiger partial charge on any atom is 0.409 e. The number of ether oxygens (including phenoxy) is 1. The molecule has 1 aliphatic rings. The second-order valence-electron chi connectivity index (χ2n) is 6.99. The summed E-state index contributed by atoms with van der Waals surface area (Å²) < 4.78 is 5.30. The van der Waals surface area contributed by atoms with Gasteiger partial charge in [-0.2, -0.15) is 0 Å². The quantitative estimate of drug-likeness (QED) is 0.757. The molecule has 0 saturated carbocycles. The molecule has 1 fully saturated rings. The van der Waals surface area contributed by atoms with Crippen molar-refractivity contribution in [3.8, 4) is 9.88 Å². The first-order valence-corrected chi connectivity index (χ1v) is 11.0. The van der Waals surface area contributed by atoms with Gasteiger partial charge in [-0.25, -0.2) is 9.78 Å². The first-order chi connectivity index (χ1) is 13.0. The van der Waals surface area contributed by atoms with Crippen molar-refractivity contribution >= 4 is 34.7 Å². The van der Waals surface area contributed by atoms with Gasteiger partial charge in [0, 0.05) is 31.6 Å². The summed E-state index contributed by atoms with van der Waals surface area (Å²) in [5.74, 6) is 0.381. The molecule has 3 rings (SSSR count). The van der Waals surface area contributed by atoms with Gasteiger partial charge in [0.15, 0.2) is 0 Å². The van der Waals surface area contributed by atoms with E-state index in [0.29, 0.717) is 45.1 Å². The van der Waals surface area contributed by atoms with Gasteiger partial charge in [0.2, 0.25) is 5.91 Å². The molecule has 0 spiro atoms. The highest BCUT2D eigenvalue weighted by Crippen LogP contribution is 2.28. The number of hydrogen-bond donors (Lipinski definition) is 0. The van der Waals surface area contributed by atoms with Crippen molar-refractivity contribution < 1.29 is 14.3 Å². The molecule has 0 atom stereocenters. The van der Waals surface area contributed by atoms with Crippen molar-refractivity contribution in [2.24, 2.45) is 5.92 Å². The molecule has 0 N–H and O–H groups in total. The monoisotopic (exact) mass is 407 g/mol. The minimum atomic E-state index is -0.280. The van der Waals surface area contributed by atoms with Gasteiger partial charge in [-0.3, -0.25) is 4.79 Å². The molecule has 2 aromatic heterocycles. The van der Waals surface area contributed by atoms with Crippen LogP contribution < -0.4 is 0 Å². The number of hydrogen-bond acceptors (Lipinski definition) is 6. The Hall–Kier alpha value is -1.93. The summed E-state index contributed by atoms with van der Waals surface area (Å²) in [6, 6.07) is 4.04. The predicted octanol–water partition coefficient (Wildman–Crippen LogP) is 3.74. The Bertz CT molecular complexity index is 758. The standard InChI is InChI=1S/C19H25N3O3S2/c1-14(2)12-25-19(24)22-7-4-6-21(8-9-22)17(23)11-15-13-27-18(20-15)16-5-3-10-26-16/h3,5,10,13-14H,4,6-9,11-12H2,1-2H3. The van der Waals surface area contributed by atoms with E-state index in [1.165, 1.54) is 0 Å². The molecule has 2 amide bonds. The van der Waals surface area contributed by atoms with Crippen molar-refractivity contribution in [3.05, 3.63) is 28.6 Å². The van der Waals surface area contributed by atoms with Crippen LogP contribution in [0.4, 0.5) is 4.79 Å². The zero-order chi connectivity index (χ0) is 19.2. The summed E-state index contributed by atoms with van der Waals surface area (Å²) in [5, 5.41) is 4.94. The Balaban J connectivity index is 1.51. The molecule has 6 nitrogen and oxygen atoms in total. The minimum absolute atomic E-state index is 0.0652. The normalized spacial score (nSPS) is 15.1. The van der Waals surface area contributed by atoms with Gasteiger partial charge < -0.3 is 14.5 Å². The average molecular weight is 408 g/mol. The van der Waals surface area contributed by atoms with Gasteiger partial charge in [-0.1, -0.05) is 19.9 Å². The summed E-state index contributed by atoms with van der Waals surface area (Å²) in [6.07, 6.45) is 0.790. The first-order valence-electron chi connectivity index (χ1n) is 9.20. The lowest BCUT2D eigenvalue weighted by atomic mass is 10.2. The summed E-state index contributed by atoms with van der Waals surface area (Å²) in [6.45, 7) is 6.79. The number of carbonyl (C=O) groups excluding carboxylic acids is 2. The topological polar surface area (TPSA) is 62.7 Å². The molecule has 1 saturated heterocycles. The molecular formula is C19H25N3O3S2. The second-order valence-corrected chi connectivity index (χ2v) is 8.80. The molecule has 3 heterocycles. The number of carbonyl (C=O) groups is 2. The number of nitrogens with zero attached hydrogens (tertiary/aromatic N) is 3. The van der Waals surface area contributed by atoms with Gasteiger partial charge in [-0.15, -0.1) is 22.7 Å². The summed E-state index contributed by atoms with van der Waals surface area (Å²) in [5.41, 5.74) is 0.811. The van der Waals surface area contributed by atoms with Crippen LogP contribution in [0.5, 0.6) is 0 Å². The minimum Gasteiger partial charge on any atom is -0.449 e. The lowest BCUT2D eigenvalue weighted by Gasteiger charge is -2.22. The lowest BCUT2D eigenvalue weighted by Crippen LogP contribution is -2.38. The zero-order valence-corrected chi connectivity index (χ0v) is 17.4. The Morgan fingerprint density at radius 3 is 2.70 bits per heavy atom. The molecule has 0 bridgehead atoms. The van der Waals surface area contributed by atoms with E-state index in [4.69, 9.17) is 4.74 Å². The molecule has 2 aromatic rings. The maximum absolute atomic E-state index is 12.7. The molecule has 0 unspecified atom stereocenters. The van der Waals surface area contributed by atoms with Crippen molar-refractivity contribution in [1.82, 2.24) is 14.8 Å². The number of thiophene rings is 1. The zero-order valence-electron chi connectivity index (χ0n) is 15.7. The van der Waals surface area contributed by atoms with E-state index in [0.717, 1.165) is 22.0 Å². The van der Waals surface area contributed by atoms with Crippen LogP contribution in [0, 0.1) is 5.92 Å². The third kappa shape index (κ3) is 5.52. The first kappa shape index (κ1) is 19.8. The van der Waals surface area contributed by atoms with E-state index in [9.17, 15) is 9.59 Å². The molecule has 0 radical (unpaired) electrons. The second kappa shape index (κ2) is 9.32. The third-order valence-electron chi connectivity index (χ3n) is 4.26. The van der Waals surface area contributed by atoms with E-state index >= 15 is 0 Å². The Kier molecular flexibility index (Phi) is 6.84. The fraction of sp³-hybridized carbons (Fsp3) is 0.526. The maximum atomic E-state index is 12.7.